The maximum absolute atomic E-state index is 12.5. The van der Waals surface area contributed by atoms with Gasteiger partial charge in [0.1, 0.15) is 0 Å². The van der Waals surface area contributed by atoms with Gasteiger partial charge < -0.3 is 15.3 Å². The van der Waals surface area contributed by atoms with E-state index in [-0.39, 0.29) is 23.4 Å². The van der Waals surface area contributed by atoms with Gasteiger partial charge in [0, 0.05) is 19.6 Å². The molecule has 0 aliphatic carbocycles. The molecular weight excluding hydrogens is 268 g/mol. The summed E-state index contributed by atoms with van der Waals surface area (Å²) in [4.78, 5) is 14.1. The minimum Gasteiger partial charge on any atom is -0.504 e. The van der Waals surface area contributed by atoms with Gasteiger partial charge in [-0.15, -0.1) is 0 Å². The van der Waals surface area contributed by atoms with Crippen molar-refractivity contribution in [3.63, 3.8) is 0 Å². The Labute approximate surface area is 123 Å². The Bertz CT molecular complexity index is 632. The monoisotopic (exact) mass is 286 g/mol. The molecule has 110 valence electrons. The van der Waals surface area contributed by atoms with Crippen molar-refractivity contribution in [2.24, 2.45) is 0 Å². The highest BCUT2D eigenvalue weighted by Gasteiger charge is 2.27. The van der Waals surface area contributed by atoms with Crippen LogP contribution < -0.4 is 5.32 Å². The molecule has 1 aromatic carbocycles. The first-order chi connectivity index (χ1) is 10.2. The van der Waals surface area contributed by atoms with Crippen LogP contribution in [0.2, 0.25) is 0 Å². The normalized spacial score (nSPS) is 17.9. The van der Waals surface area contributed by atoms with E-state index in [1.807, 2.05) is 30.3 Å². The lowest BCUT2D eigenvalue weighted by Crippen LogP contribution is -2.38. The Morgan fingerprint density at radius 3 is 2.86 bits per heavy atom. The zero-order valence-electron chi connectivity index (χ0n) is 11.9. The number of benzene rings is 1. The van der Waals surface area contributed by atoms with Crippen LogP contribution in [0, 0.1) is 0 Å². The number of likely N-dealkylation sites (N-methyl/N-ethyl adjacent to an activating group) is 1. The number of nitrogens with zero attached hydrogens (tertiary/aromatic N) is 3. The van der Waals surface area contributed by atoms with Gasteiger partial charge in [0.2, 0.25) is 0 Å². The van der Waals surface area contributed by atoms with E-state index in [2.05, 4.69) is 10.4 Å². The second kappa shape index (κ2) is 5.57. The third kappa shape index (κ3) is 2.62. The Morgan fingerprint density at radius 1 is 1.43 bits per heavy atom. The van der Waals surface area contributed by atoms with E-state index in [1.54, 1.807) is 11.9 Å². The summed E-state index contributed by atoms with van der Waals surface area (Å²) >= 11 is 0. The Kier molecular flexibility index (Phi) is 3.62. The standard InChI is InChI=1S/C15H18N4O2/c1-18(12-7-8-16-9-12)15(21)14-13(20)10-19(17-14)11-5-3-2-4-6-11/h2-6,10,12,16,20H,7-9H2,1H3. The lowest BCUT2D eigenvalue weighted by Gasteiger charge is -2.22. The summed E-state index contributed by atoms with van der Waals surface area (Å²) in [6.07, 6.45) is 2.38. The van der Waals surface area contributed by atoms with E-state index in [4.69, 9.17) is 0 Å². The smallest absolute Gasteiger partial charge is 0.278 e. The molecule has 1 amide bonds. The largest absolute Gasteiger partial charge is 0.504 e. The molecule has 1 fully saturated rings. The van der Waals surface area contributed by atoms with Crippen molar-refractivity contribution in [2.75, 3.05) is 20.1 Å². The highest BCUT2D eigenvalue weighted by molar-refractivity contribution is 5.94. The van der Waals surface area contributed by atoms with Crippen molar-refractivity contribution < 1.29 is 9.90 Å². The quantitative estimate of drug-likeness (QED) is 0.883. The Morgan fingerprint density at radius 2 is 2.19 bits per heavy atom. The average molecular weight is 286 g/mol. The second-order valence-corrected chi connectivity index (χ2v) is 5.21. The van der Waals surface area contributed by atoms with Crippen LogP contribution in [0.1, 0.15) is 16.9 Å². The zero-order valence-corrected chi connectivity index (χ0v) is 11.9. The van der Waals surface area contributed by atoms with Gasteiger partial charge in [0.25, 0.3) is 5.91 Å². The fraction of sp³-hybridized carbons (Fsp3) is 0.333. The van der Waals surface area contributed by atoms with Crippen molar-refractivity contribution in [2.45, 2.75) is 12.5 Å². The molecule has 2 heterocycles. The lowest BCUT2D eigenvalue weighted by atomic mass is 10.2. The molecule has 0 bridgehead atoms. The minimum atomic E-state index is -0.254. The summed E-state index contributed by atoms with van der Waals surface area (Å²) in [7, 11) is 1.75. The van der Waals surface area contributed by atoms with Crippen LogP contribution in [-0.2, 0) is 0 Å². The van der Waals surface area contributed by atoms with Crippen molar-refractivity contribution in [1.29, 1.82) is 0 Å². The van der Waals surface area contributed by atoms with Gasteiger partial charge in [-0.05, 0) is 25.1 Å². The lowest BCUT2D eigenvalue weighted by molar-refractivity contribution is 0.0734. The molecule has 6 heteroatoms. The van der Waals surface area contributed by atoms with Crippen molar-refractivity contribution in [3.05, 3.63) is 42.2 Å². The maximum Gasteiger partial charge on any atom is 0.278 e. The Balaban J connectivity index is 1.85. The number of aromatic nitrogens is 2. The number of amides is 1. The predicted molar refractivity (Wildman–Crippen MR) is 78.6 cm³/mol. The number of hydrogen-bond donors (Lipinski definition) is 2. The summed E-state index contributed by atoms with van der Waals surface area (Å²) in [6.45, 7) is 1.69. The van der Waals surface area contributed by atoms with Gasteiger partial charge in [0.15, 0.2) is 11.4 Å². The molecule has 0 radical (unpaired) electrons. The van der Waals surface area contributed by atoms with Gasteiger partial charge in [-0.25, -0.2) is 4.68 Å². The van der Waals surface area contributed by atoms with E-state index in [0.29, 0.717) is 0 Å². The number of aromatic hydroxyl groups is 1. The molecule has 1 saturated heterocycles. The van der Waals surface area contributed by atoms with Crippen LogP contribution in [0.3, 0.4) is 0 Å². The summed E-state index contributed by atoms with van der Waals surface area (Å²) in [5.41, 5.74) is 0.894. The molecule has 2 N–H and O–H groups in total. The predicted octanol–water partition coefficient (Wildman–Crippen LogP) is 1.01. The van der Waals surface area contributed by atoms with E-state index < -0.39 is 0 Å². The van der Waals surface area contributed by atoms with Gasteiger partial charge in [-0.2, -0.15) is 5.10 Å². The van der Waals surface area contributed by atoms with E-state index in [1.165, 1.54) is 10.9 Å². The third-order valence-electron chi connectivity index (χ3n) is 3.82. The third-order valence-corrected chi connectivity index (χ3v) is 3.82. The van der Waals surface area contributed by atoms with Crippen LogP contribution >= 0.6 is 0 Å². The highest BCUT2D eigenvalue weighted by Crippen LogP contribution is 2.21. The molecule has 21 heavy (non-hydrogen) atoms. The molecule has 6 nitrogen and oxygen atoms in total. The van der Waals surface area contributed by atoms with Crippen LogP contribution in [-0.4, -0.2) is 51.9 Å². The number of carbonyl (C=O) groups is 1. The van der Waals surface area contributed by atoms with Crippen LogP contribution in [0.4, 0.5) is 0 Å². The van der Waals surface area contributed by atoms with Gasteiger partial charge in [-0.1, -0.05) is 18.2 Å². The summed E-state index contributed by atoms with van der Waals surface area (Å²) < 4.78 is 1.52. The first-order valence-corrected chi connectivity index (χ1v) is 6.99. The van der Waals surface area contributed by atoms with Gasteiger partial charge in [-0.3, -0.25) is 4.79 Å². The number of para-hydroxylation sites is 1. The molecule has 1 unspecified atom stereocenters. The first kappa shape index (κ1) is 13.6. The van der Waals surface area contributed by atoms with Crippen LogP contribution in [0.5, 0.6) is 5.75 Å². The zero-order chi connectivity index (χ0) is 14.8. The molecular formula is C15H18N4O2. The molecule has 3 rings (SSSR count). The van der Waals surface area contributed by atoms with Gasteiger partial charge in [0.05, 0.1) is 11.9 Å². The highest BCUT2D eigenvalue weighted by atomic mass is 16.3. The molecule has 1 aliphatic rings. The molecule has 1 atom stereocenters. The van der Waals surface area contributed by atoms with Crippen molar-refractivity contribution >= 4 is 5.91 Å². The minimum absolute atomic E-state index is 0.0910. The van der Waals surface area contributed by atoms with E-state index in [9.17, 15) is 9.90 Å². The molecule has 1 aliphatic heterocycles. The first-order valence-electron chi connectivity index (χ1n) is 6.99. The van der Waals surface area contributed by atoms with Crippen LogP contribution in [0.15, 0.2) is 36.5 Å². The number of nitrogens with one attached hydrogen (secondary N) is 1. The number of carbonyl (C=O) groups excluding carboxylic acids is 1. The van der Waals surface area contributed by atoms with E-state index in [0.717, 1.165) is 25.2 Å². The fourth-order valence-corrected chi connectivity index (χ4v) is 2.53. The van der Waals surface area contributed by atoms with Crippen LogP contribution in [0.25, 0.3) is 5.69 Å². The van der Waals surface area contributed by atoms with E-state index >= 15 is 0 Å². The average Bonchev–Trinajstić information content (AvgIpc) is 3.16. The van der Waals surface area contributed by atoms with Crippen molar-refractivity contribution in [1.82, 2.24) is 20.0 Å². The number of rotatable bonds is 3. The summed E-state index contributed by atoms with van der Waals surface area (Å²) in [5.74, 6) is -0.349. The molecule has 2 aromatic rings. The maximum atomic E-state index is 12.5. The fourth-order valence-electron chi connectivity index (χ4n) is 2.53. The second-order valence-electron chi connectivity index (χ2n) is 5.21. The van der Waals surface area contributed by atoms with Crippen molar-refractivity contribution in [3.8, 4) is 11.4 Å². The number of hydrogen-bond acceptors (Lipinski definition) is 4. The SMILES string of the molecule is CN(C(=O)c1nn(-c2ccccc2)cc1O)C1CCNC1. The Hall–Kier alpha value is -2.34. The van der Waals surface area contributed by atoms with Gasteiger partial charge >= 0.3 is 0 Å². The molecule has 0 saturated carbocycles. The molecule has 0 spiro atoms. The summed E-state index contributed by atoms with van der Waals surface area (Å²) in [5, 5.41) is 17.5. The summed E-state index contributed by atoms with van der Waals surface area (Å²) in [6, 6.07) is 9.55. The molecule has 1 aromatic heterocycles. The topological polar surface area (TPSA) is 70.4 Å².